The highest BCUT2D eigenvalue weighted by atomic mass is 79.9. The van der Waals surface area contributed by atoms with E-state index < -0.39 is 0 Å². The highest BCUT2D eigenvalue weighted by Gasteiger charge is 2.14. The summed E-state index contributed by atoms with van der Waals surface area (Å²) in [6.07, 6.45) is 4.80. The van der Waals surface area contributed by atoms with Gasteiger partial charge in [-0.05, 0) is 52.9 Å². The summed E-state index contributed by atoms with van der Waals surface area (Å²) in [5, 5.41) is 0. The molecule has 0 bridgehead atoms. The van der Waals surface area contributed by atoms with Gasteiger partial charge in [-0.2, -0.15) is 0 Å². The van der Waals surface area contributed by atoms with E-state index >= 15 is 0 Å². The van der Waals surface area contributed by atoms with Gasteiger partial charge in [-0.15, -0.1) is 0 Å². The molecule has 2 rings (SSSR count). The van der Waals surface area contributed by atoms with Crippen LogP contribution >= 0.6 is 15.9 Å². The maximum absolute atomic E-state index is 13.8. The highest BCUT2D eigenvalue weighted by molar-refractivity contribution is 9.10. The number of allylic oxidation sites excluding steroid dienone is 2. The summed E-state index contributed by atoms with van der Waals surface area (Å²) in [6.45, 7) is 0. The quantitative estimate of drug-likeness (QED) is 0.758. The Bertz CT molecular complexity index is 451. The van der Waals surface area contributed by atoms with E-state index in [9.17, 15) is 9.18 Å². The minimum atomic E-state index is -0.275. The molecule has 0 saturated heterocycles. The summed E-state index contributed by atoms with van der Waals surface area (Å²) in [4.78, 5) is 11.5. The second-order valence-corrected chi connectivity index (χ2v) is 4.80. The molecule has 0 spiro atoms. The van der Waals surface area contributed by atoms with Gasteiger partial charge in [-0.25, -0.2) is 4.39 Å². The van der Waals surface area contributed by atoms with E-state index in [1.165, 1.54) is 0 Å². The van der Waals surface area contributed by atoms with Gasteiger partial charge >= 0.3 is 0 Å². The van der Waals surface area contributed by atoms with Crippen LogP contribution < -0.4 is 0 Å². The number of halogens is 2. The molecule has 0 aliphatic heterocycles. The molecule has 0 radical (unpaired) electrons. The third kappa shape index (κ3) is 2.40. The van der Waals surface area contributed by atoms with Gasteiger partial charge < -0.3 is 0 Å². The van der Waals surface area contributed by atoms with Crippen molar-refractivity contribution in [1.29, 1.82) is 0 Å². The smallest absolute Gasteiger partial charge is 0.155 e. The Morgan fingerprint density at radius 2 is 1.94 bits per heavy atom. The number of ketones is 1. The molecule has 0 amide bonds. The van der Waals surface area contributed by atoms with Gasteiger partial charge in [-0.3, -0.25) is 4.79 Å². The zero-order valence-corrected chi connectivity index (χ0v) is 10.4. The van der Waals surface area contributed by atoms with Crippen molar-refractivity contribution < 1.29 is 9.18 Å². The van der Waals surface area contributed by atoms with E-state index in [4.69, 9.17) is 0 Å². The van der Waals surface area contributed by atoms with Crippen molar-refractivity contribution in [2.45, 2.75) is 25.7 Å². The van der Waals surface area contributed by atoms with Crippen molar-refractivity contribution in [2.24, 2.45) is 0 Å². The van der Waals surface area contributed by atoms with Gasteiger partial charge in [-0.1, -0.05) is 12.1 Å². The first-order valence-electron chi connectivity index (χ1n) is 5.36. The molecule has 0 fully saturated rings. The van der Waals surface area contributed by atoms with Crippen molar-refractivity contribution in [3.8, 4) is 0 Å². The first kappa shape index (κ1) is 11.5. The van der Waals surface area contributed by atoms with Crippen LogP contribution in [0.4, 0.5) is 4.39 Å². The average Bonchev–Trinajstić information content (AvgIpc) is 2.47. The third-order valence-corrected chi connectivity index (χ3v) is 3.36. The SMILES string of the molecule is O=C1C=C(c2cccc(Br)c2F)CCCC1. The van der Waals surface area contributed by atoms with Crippen LogP contribution in [0.5, 0.6) is 0 Å². The van der Waals surface area contributed by atoms with Gasteiger partial charge in [0.25, 0.3) is 0 Å². The lowest BCUT2D eigenvalue weighted by Crippen LogP contribution is -1.93. The summed E-state index contributed by atoms with van der Waals surface area (Å²) >= 11 is 3.16. The molecule has 84 valence electrons. The second kappa shape index (κ2) is 4.91. The lowest BCUT2D eigenvalue weighted by Gasteiger charge is -2.07. The molecule has 1 aliphatic rings. The summed E-state index contributed by atoms with van der Waals surface area (Å²) in [5.74, 6) is -0.171. The van der Waals surface area contributed by atoms with E-state index in [0.29, 0.717) is 16.5 Å². The Hall–Kier alpha value is -0.960. The van der Waals surface area contributed by atoms with E-state index in [1.54, 1.807) is 24.3 Å². The Balaban J connectivity index is 2.42. The maximum atomic E-state index is 13.8. The van der Waals surface area contributed by atoms with E-state index in [0.717, 1.165) is 24.8 Å². The molecule has 1 aliphatic carbocycles. The van der Waals surface area contributed by atoms with Crippen molar-refractivity contribution >= 4 is 27.3 Å². The largest absolute Gasteiger partial charge is 0.295 e. The zero-order chi connectivity index (χ0) is 11.5. The molecular formula is C13H12BrFO. The number of carbonyl (C=O) groups is 1. The van der Waals surface area contributed by atoms with Gasteiger partial charge in [0, 0.05) is 12.0 Å². The van der Waals surface area contributed by atoms with Gasteiger partial charge in [0.15, 0.2) is 5.78 Å². The Kier molecular flexibility index (Phi) is 3.54. The second-order valence-electron chi connectivity index (χ2n) is 3.94. The molecule has 0 unspecified atom stereocenters. The molecule has 1 aromatic carbocycles. The van der Waals surface area contributed by atoms with Crippen LogP contribution in [0.1, 0.15) is 31.2 Å². The van der Waals surface area contributed by atoms with Crippen LogP contribution in [-0.4, -0.2) is 5.78 Å². The van der Waals surface area contributed by atoms with Crippen LogP contribution in [0.3, 0.4) is 0 Å². The Morgan fingerprint density at radius 1 is 1.19 bits per heavy atom. The molecule has 0 heterocycles. The first-order valence-corrected chi connectivity index (χ1v) is 6.15. The number of carbonyl (C=O) groups excluding carboxylic acids is 1. The van der Waals surface area contributed by atoms with E-state index in [2.05, 4.69) is 15.9 Å². The number of benzene rings is 1. The monoisotopic (exact) mass is 282 g/mol. The summed E-state index contributed by atoms with van der Waals surface area (Å²) < 4.78 is 14.3. The molecule has 0 saturated carbocycles. The van der Waals surface area contributed by atoms with Crippen molar-refractivity contribution in [1.82, 2.24) is 0 Å². The summed E-state index contributed by atoms with van der Waals surface area (Å²) in [7, 11) is 0. The minimum absolute atomic E-state index is 0.104. The summed E-state index contributed by atoms with van der Waals surface area (Å²) in [6, 6.07) is 5.18. The van der Waals surface area contributed by atoms with Crippen LogP contribution in [0.2, 0.25) is 0 Å². The maximum Gasteiger partial charge on any atom is 0.155 e. The lowest BCUT2D eigenvalue weighted by atomic mass is 10.0. The molecule has 0 atom stereocenters. The minimum Gasteiger partial charge on any atom is -0.295 e. The average molecular weight is 283 g/mol. The number of rotatable bonds is 1. The fourth-order valence-electron chi connectivity index (χ4n) is 1.92. The van der Waals surface area contributed by atoms with Crippen molar-refractivity contribution in [3.05, 3.63) is 40.1 Å². The molecular weight excluding hydrogens is 271 g/mol. The molecule has 1 aromatic rings. The molecule has 1 nitrogen and oxygen atoms in total. The standard InChI is InChI=1S/C13H12BrFO/c14-12-7-3-6-11(13(12)15)9-4-1-2-5-10(16)8-9/h3,6-8H,1-2,4-5H2. The van der Waals surface area contributed by atoms with Crippen LogP contribution in [0, 0.1) is 5.82 Å². The third-order valence-electron chi connectivity index (χ3n) is 2.75. The predicted molar refractivity (Wildman–Crippen MR) is 65.6 cm³/mol. The zero-order valence-electron chi connectivity index (χ0n) is 8.80. The fourth-order valence-corrected chi connectivity index (χ4v) is 2.28. The summed E-state index contributed by atoms with van der Waals surface area (Å²) in [5.41, 5.74) is 1.37. The predicted octanol–water partition coefficient (Wildman–Crippen LogP) is 4.11. The van der Waals surface area contributed by atoms with E-state index in [-0.39, 0.29) is 11.6 Å². The normalized spacial score (nSPS) is 16.9. The van der Waals surface area contributed by atoms with Crippen LogP contribution in [-0.2, 0) is 4.79 Å². The topological polar surface area (TPSA) is 17.1 Å². The Morgan fingerprint density at radius 3 is 2.75 bits per heavy atom. The Labute approximate surface area is 102 Å². The van der Waals surface area contributed by atoms with Crippen LogP contribution in [0.15, 0.2) is 28.7 Å². The van der Waals surface area contributed by atoms with Gasteiger partial charge in [0.05, 0.1) is 4.47 Å². The molecule has 16 heavy (non-hydrogen) atoms. The molecule has 3 heteroatoms. The number of hydrogen-bond donors (Lipinski definition) is 0. The lowest BCUT2D eigenvalue weighted by molar-refractivity contribution is -0.114. The van der Waals surface area contributed by atoms with E-state index in [1.807, 2.05) is 0 Å². The molecule has 0 N–H and O–H groups in total. The first-order chi connectivity index (χ1) is 7.68. The molecule has 0 aromatic heterocycles. The van der Waals surface area contributed by atoms with Gasteiger partial charge in [0.2, 0.25) is 0 Å². The van der Waals surface area contributed by atoms with Crippen molar-refractivity contribution in [2.75, 3.05) is 0 Å². The fraction of sp³-hybridized carbons (Fsp3) is 0.308. The number of hydrogen-bond acceptors (Lipinski definition) is 1. The van der Waals surface area contributed by atoms with Crippen molar-refractivity contribution in [3.63, 3.8) is 0 Å². The van der Waals surface area contributed by atoms with Crippen LogP contribution in [0.25, 0.3) is 5.57 Å². The highest BCUT2D eigenvalue weighted by Crippen LogP contribution is 2.29. The van der Waals surface area contributed by atoms with Gasteiger partial charge in [0.1, 0.15) is 5.82 Å².